The summed E-state index contributed by atoms with van der Waals surface area (Å²) in [6.07, 6.45) is 3.84. The zero-order valence-corrected chi connectivity index (χ0v) is 10.8. The molecule has 2 rings (SSSR count). The van der Waals surface area contributed by atoms with Crippen LogP contribution in [-0.4, -0.2) is 30.0 Å². The SMILES string of the molecule is Cc1ncc(C(=O)N[C@@H]2CCCNC2)s1.Cl. The van der Waals surface area contributed by atoms with E-state index in [9.17, 15) is 4.79 Å². The summed E-state index contributed by atoms with van der Waals surface area (Å²) >= 11 is 1.44. The topological polar surface area (TPSA) is 54.0 Å². The minimum atomic E-state index is 0. The van der Waals surface area contributed by atoms with Crippen molar-refractivity contribution in [2.45, 2.75) is 25.8 Å². The van der Waals surface area contributed by atoms with Crippen LogP contribution in [-0.2, 0) is 0 Å². The molecule has 2 heterocycles. The quantitative estimate of drug-likeness (QED) is 0.845. The maximum Gasteiger partial charge on any atom is 0.263 e. The molecule has 6 heteroatoms. The maximum atomic E-state index is 11.8. The van der Waals surface area contributed by atoms with Crippen LogP contribution in [0, 0.1) is 6.92 Å². The number of nitrogens with zero attached hydrogens (tertiary/aromatic N) is 1. The Kier molecular flexibility index (Phi) is 5.18. The summed E-state index contributed by atoms with van der Waals surface area (Å²) in [7, 11) is 0. The summed E-state index contributed by atoms with van der Waals surface area (Å²) in [5, 5.41) is 7.22. The highest BCUT2D eigenvalue weighted by molar-refractivity contribution is 7.13. The van der Waals surface area contributed by atoms with Crippen molar-refractivity contribution >= 4 is 29.7 Å². The highest BCUT2D eigenvalue weighted by atomic mass is 35.5. The predicted molar refractivity (Wildman–Crippen MR) is 67.5 cm³/mol. The molecule has 4 nitrogen and oxygen atoms in total. The molecule has 1 amide bonds. The first-order valence-corrected chi connectivity index (χ1v) is 6.01. The van der Waals surface area contributed by atoms with Crippen LogP contribution >= 0.6 is 23.7 Å². The van der Waals surface area contributed by atoms with Gasteiger partial charge in [-0.2, -0.15) is 0 Å². The van der Waals surface area contributed by atoms with Crippen LogP contribution < -0.4 is 10.6 Å². The lowest BCUT2D eigenvalue weighted by molar-refractivity contribution is 0.0934. The monoisotopic (exact) mass is 261 g/mol. The fourth-order valence-electron chi connectivity index (χ4n) is 1.70. The average molecular weight is 262 g/mol. The first-order valence-electron chi connectivity index (χ1n) is 5.20. The third-order valence-electron chi connectivity index (χ3n) is 2.48. The van der Waals surface area contributed by atoms with Crippen LogP contribution in [0.25, 0.3) is 0 Å². The molecule has 2 N–H and O–H groups in total. The van der Waals surface area contributed by atoms with E-state index in [0.29, 0.717) is 4.88 Å². The van der Waals surface area contributed by atoms with Gasteiger partial charge < -0.3 is 10.6 Å². The fraction of sp³-hybridized carbons (Fsp3) is 0.600. The van der Waals surface area contributed by atoms with Crippen molar-refractivity contribution in [3.8, 4) is 0 Å². The van der Waals surface area contributed by atoms with Crippen molar-refractivity contribution in [1.82, 2.24) is 15.6 Å². The molecule has 0 unspecified atom stereocenters. The number of piperidine rings is 1. The Bertz CT molecular complexity index is 350. The van der Waals surface area contributed by atoms with Crippen LogP contribution in [0.4, 0.5) is 0 Å². The van der Waals surface area contributed by atoms with Crippen molar-refractivity contribution in [3.05, 3.63) is 16.1 Å². The summed E-state index contributed by atoms with van der Waals surface area (Å²) in [6.45, 7) is 3.85. The van der Waals surface area contributed by atoms with Gasteiger partial charge in [-0.05, 0) is 26.3 Å². The molecule has 16 heavy (non-hydrogen) atoms. The second-order valence-electron chi connectivity index (χ2n) is 3.76. The van der Waals surface area contributed by atoms with Gasteiger partial charge in [0, 0.05) is 12.6 Å². The zero-order valence-electron chi connectivity index (χ0n) is 9.16. The Morgan fingerprint density at radius 1 is 1.69 bits per heavy atom. The number of hydrogen-bond donors (Lipinski definition) is 2. The molecule has 0 aliphatic carbocycles. The van der Waals surface area contributed by atoms with E-state index in [1.165, 1.54) is 11.3 Å². The first kappa shape index (κ1) is 13.4. The molecule has 1 aromatic heterocycles. The second kappa shape index (κ2) is 6.18. The van der Waals surface area contributed by atoms with Crippen molar-refractivity contribution in [3.63, 3.8) is 0 Å². The third kappa shape index (κ3) is 3.43. The molecular formula is C10H16ClN3OS. The summed E-state index contributed by atoms with van der Waals surface area (Å²) in [5.41, 5.74) is 0. The Morgan fingerprint density at radius 2 is 2.50 bits per heavy atom. The van der Waals surface area contributed by atoms with E-state index in [0.717, 1.165) is 30.9 Å². The first-order chi connectivity index (χ1) is 7.25. The molecule has 1 fully saturated rings. The van der Waals surface area contributed by atoms with E-state index < -0.39 is 0 Å². The van der Waals surface area contributed by atoms with Crippen molar-refractivity contribution in [2.24, 2.45) is 0 Å². The van der Waals surface area contributed by atoms with E-state index in [4.69, 9.17) is 0 Å². The summed E-state index contributed by atoms with van der Waals surface area (Å²) < 4.78 is 0. The van der Waals surface area contributed by atoms with Crippen LogP contribution in [0.2, 0.25) is 0 Å². The van der Waals surface area contributed by atoms with E-state index >= 15 is 0 Å². The fourth-order valence-corrected chi connectivity index (χ4v) is 2.38. The highest BCUT2D eigenvalue weighted by Gasteiger charge is 2.17. The molecule has 1 aliphatic rings. The van der Waals surface area contributed by atoms with Gasteiger partial charge in [0.2, 0.25) is 0 Å². The number of rotatable bonds is 2. The van der Waals surface area contributed by atoms with E-state index in [1.54, 1.807) is 6.20 Å². The molecular weight excluding hydrogens is 246 g/mol. The van der Waals surface area contributed by atoms with Crippen LogP contribution in [0.15, 0.2) is 6.20 Å². The number of halogens is 1. The average Bonchev–Trinajstić information content (AvgIpc) is 2.66. The Labute approximate surface area is 105 Å². The number of aromatic nitrogens is 1. The summed E-state index contributed by atoms with van der Waals surface area (Å²) in [4.78, 5) is 16.5. The molecule has 1 aliphatic heterocycles. The van der Waals surface area contributed by atoms with Crippen LogP contribution in [0.3, 0.4) is 0 Å². The van der Waals surface area contributed by atoms with Crippen LogP contribution in [0.5, 0.6) is 0 Å². The third-order valence-corrected chi connectivity index (χ3v) is 3.39. The van der Waals surface area contributed by atoms with E-state index in [1.807, 2.05) is 6.92 Å². The number of hydrogen-bond acceptors (Lipinski definition) is 4. The van der Waals surface area contributed by atoms with Gasteiger partial charge in [-0.3, -0.25) is 4.79 Å². The van der Waals surface area contributed by atoms with E-state index in [2.05, 4.69) is 15.6 Å². The number of aryl methyl sites for hydroxylation is 1. The molecule has 1 saturated heterocycles. The normalized spacial score (nSPS) is 19.9. The molecule has 1 atom stereocenters. The summed E-state index contributed by atoms with van der Waals surface area (Å²) in [5.74, 6) is 0.00861. The Balaban J connectivity index is 0.00000128. The molecule has 90 valence electrons. The molecule has 0 radical (unpaired) electrons. The van der Waals surface area contributed by atoms with Gasteiger partial charge in [-0.25, -0.2) is 4.98 Å². The van der Waals surface area contributed by atoms with Gasteiger partial charge in [0.25, 0.3) is 5.91 Å². The highest BCUT2D eigenvalue weighted by Crippen LogP contribution is 2.12. The standard InChI is InChI=1S/C10H15N3OS.ClH/c1-7-12-6-9(15-7)10(14)13-8-3-2-4-11-5-8;/h6,8,11H,2-5H2,1H3,(H,13,14);1H/t8-;/m1./s1. The largest absolute Gasteiger partial charge is 0.347 e. The lowest BCUT2D eigenvalue weighted by Crippen LogP contribution is -2.45. The van der Waals surface area contributed by atoms with Crippen molar-refractivity contribution in [1.29, 1.82) is 0 Å². The minimum Gasteiger partial charge on any atom is -0.347 e. The molecule has 0 saturated carbocycles. The Morgan fingerprint density at radius 3 is 3.06 bits per heavy atom. The lowest BCUT2D eigenvalue weighted by atomic mass is 10.1. The van der Waals surface area contributed by atoms with Gasteiger partial charge in [0.15, 0.2) is 0 Å². The number of amides is 1. The second-order valence-corrected chi connectivity index (χ2v) is 5.00. The molecule has 0 aromatic carbocycles. The smallest absolute Gasteiger partial charge is 0.263 e. The van der Waals surface area contributed by atoms with Gasteiger partial charge in [0.1, 0.15) is 4.88 Å². The number of carbonyl (C=O) groups excluding carboxylic acids is 1. The number of carbonyl (C=O) groups is 1. The van der Waals surface area contributed by atoms with Gasteiger partial charge in [-0.1, -0.05) is 0 Å². The Hall–Kier alpha value is -0.650. The van der Waals surface area contributed by atoms with Crippen molar-refractivity contribution < 1.29 is 4.79 Å². The molecule has 0 bridgehead atoms. The number of thiazole rings is 1. The number of nitrogens with one attached hydrogen (secondary N) is 2. The zero-order chi connectivity index (χ0) is 10.7. The molecule has 0 spiro atoms. The van der Waals surface area contributed by atoms with Gasteiger partial charge in [0.05, 0.1) is 11.2 Å². The predicted octanol–water partition coefficient (Wildman–Crippen LogP) is 1.36. The van der Waals surface area contributed by atoms with Crippen molar-refractivity contribution in [2.75, 3.05) is 13.1 Å². The van der Waals surface area contributed by atoms with Gasteiger partial charge >= 0.3 is 0 Å². The van der Waals surface area contributed by atoms with Gasteiger partial charge in [-0.15, -0.1) is 23.7 Å². The van der Waals surface area contributed by atoms with Crippen LogP contribution in [0.1, 0.15) is 27.5 Å². The lowest BCUT2D eigenvalue weighted by Gasteiger charge is -2.23. The van der Waals surface area contributed by atoms with E-state index in [-0.39, 0.29) is 24.4 Å². The summed E-state index contributed by atoms with van der Waals surface area (Å²) in [6, 6.07) is 0.272. The molecule has 1 aromatic rings. The maximum absolute atomic E-state index is 11.8. The minimum absolute atomic E-state index is 0.